The number of nitrogens with one attached hydrogen (secondary N) is 2. The molecule has 1 amide bonds. The molecule has 2 aromatic carbocycles. The maximum atomic E-state index is 14.4. The Morgan fingerprint density at radius 1 is 1.27 bits per heavy atom. The number of hydrogen-bond donors (Lipinski definition) is 2. The Hall–Kier alpha value is -3.55. The first-order chi connectivity index (χ1) is 12.5. The molecule has 2 N–H and O–H groups in total. The van der Waals surface area contributed by atoms with E-state index in [1.165, 1.54) is 42.6 Å². The van der Waals surface area contributed by atoms with Crippen molar-refractivity contribution in [3.63, 3.8) is 0 Å². The minimum Gasteiger partial charge on any atom is -0.389 e. The van der Waals surface area contributed by atoms with Crippen LogP contribution in [0.15, 0.2) is 59.4 Å². The van der Waals surface area contributed by atoms with Crippen LogP contribution in [0.3, 0.4) is 0 Å². The van der Waals surface area contributed by atoms with E-state index in [-0.39, 0.29) is 28.2 Å². The average molecular weight is 354 g/mol. The number of nitro groups is 1. The normalized spacial score (nSPS) is 14.9. The first kappa shape index (κ1) is 17.3. The third kappa shape index (κ3) is 3.30. The van der Waals surface area contributed by atoms with Crippen molar-refractivity contribution in [2.45, 2.75) is 6.92 Å². The number of halogens is 1. The van der Waals surface area contributed by atoms with E-state index >= 15 is 0 Å². The van der Waals surface area contributed by atoms with Crippen molar-refractivity contribution in [3.8, 4) is 0 Å². The van der Waals surface area contributed by atoms with E-state index < -0.39 is 16.6 Å². The fraction of sp³-hybridized carbons (Fsp3) is 0.111. The topological polar surface area (TPSA) is 96.6 Å². The predicted octanol–water partition coefficient (Wildman–Crippen LogP) is 2.97. The number of amides is 1. The predicted molar refractivity (Wildman–Crippen MR) is 95.5 cm³/mol. The smallest absolute Gasteiger partial charge is 0.275 e. The van der Waals surface area contributed by atoms with Crippen LogP contribution in [0, 0.1) is 15.9 Å². The molecule has 1 heterocycles. The zero-order valence-electron chi connectivity index (χ0n) is 13.8. The van der Waals surface area contributed by atoms with Crippen molar-refractivity contribution in [1.29, 1.82) is 0 Å². The highest BCUT2D eigenvalue weighted by Crippen LogP contribution is 2.29. The van der Waals surface area contributed by atoms with Gasteiger partial charge in [0.2, 0.25) is 0 Å². The number of benzene rings is 2. The second-order valence-electron chi connectivity index (χ2n) is 5.47. The first-order valence-corrected chi connectivity index (χ1v) is 7.88. The van der Waals surface area contributed by atoms with Gasteiger partial charge in [-0.3, -0.25) is 14.9 Å². The number of nitro benzene ring substituents is 1. The lowest BCUT2D eigenvalue weighted by atomic mass is 9.99. The number of carbonyl (C=O) groups is 1. The molecule has 0 saturated carbocycles. The lowest BCUT2D eigenvalue weighted by Gasteiger charge is -2.10. The standard InChI is InChI=1S/C18H15FN4O3/c1-2-20-10-16-18(24)22-15-8-7-11(23(25)26)9-13(15)17(21-16)12-5-3-4-6-14(12)19/h3-10,20H,2H2,1H3,(H,22,24). The zero-order chi connectivity index (χ0) is 18.7. The Morgan fingerprint density at radius 3 is 2.73 bits per heavy atom. The summed E-state index contributed by atoms with van der Waals surface area (Å²) in [5.41, 5.74) is 0.752. The molecule has 8 heteroatoms. The highest BCUT2D eigenvalue weighted by molar-refractivity contribution is 6.22. The third-order valence-electron chi connectivity index (χ3n) is 3.75. The summed E-state index contributed by atoms with van der Waals surface area (Å²) < 4.78 is 14.4. The third-order valence-corrected chi connectivity index (χ3v) is 3.75. The van der Waals surface area contributed by atoms with Gasteiger partial charge in [0.15, 0.2) is 0 Å². The highest BCUT2D eigenvalue weighted by Gasteiger charge is 2.25. The number of hydrogen-bond acceptors (Lipinski definition) is 5. The van der Waals surface area contributed by atoms with E-state index in [0.717, 1.165) is 0 Å². The van der Waals surface area contributed by atoms with E-state index in [1.54, 1.807) is 6.07 Å². The average Bonchev–Trinajstić information content (AvgIpc) is 2.76. The van der Waals surface area contributed by atoms with Crippen molar-refractivity contribution >= 4 is 23.0 Å². The van der Waals surface area contributed by atoms with Gasteiger partial charge in [-0.25, -0.2) is 9.38 Å². The van der Waals surface area contributed by atoms with Gasteiger partial charge in [0.25, 0.3) is 11.6 Å². The van der Waals surface area contributed by atoms with Crippen LogP contribution in [-0.2, 0) is 4.79 Å². The van der Waals surface area contributed by atoms with Gasteiger partial charge in [-0.05, 0) is 25.1 Å². The molecule has 0 atom stereocenters. The summed E-state index contributed by atoms with van der Waals surface area (Å²) in [7, 11) is 0. The molecular formula is C18H15FN4O3. The second kappa shape index (κ2) is 7.14. The number of anilines is 1. The fourth-order valence-electron chi connectivity index (χ4n) is 2.52. The van der Waals surface area contributed by atoms with E-state index in [0.29, 0.717) is 12.2 Å². The van der Waals surface area contributed by atoms with Gasteiger partial charge in [0, 0.05) is 36.0 Å². The van der Waals surface area contributed by atoms with Gasteiger partial charge in [-0.2, -0.15) is 0 Å². The Bertz CT molecular complexity index is 953. The maximum absolute atomic E-state index is 14.4. The van der Waals surface area contributed by atoms with Gasteiger partial charge in [-0.15, -0.1) is 0 Å². The van der Waals surface area contributed by atoms with Crippen molar-refractivity contribution in [2.24, 2.45) is 4.99 Å². The van der Waals surface area contributed by atoms with Gasteiger partial charge in [0.05, 0.1) is 16.3 Å². The van der Waals surface area contributed by atoms with Crippen LogP contribution in [0.1, 0.15) is 18.1 Å². The van der Waals surface area contributed by atoms with Crippen molar-refractivity contribution in [1.82, 2.24) is 5.32 Å². The quantitative estimate of drug-likeness (QED) is 0.501. The molecule has 0 bridgehead atoms. The summed E-state index contributed by atoms with van der Waals surface area (Å²) in [4.78, 5) is 27.3. The number of aliphatic imine (C=N–C) groups is 1. The van der Waals surface area contributed by atoms with Crippen LogP contribution in [0.25, 0.3) is 0 Å². The van der Waals surface area contributed by atoms with Crippen LogP contribution in [0.5, 0.6) is 0 Å². The lowest BCUT2D eigenvalue weighted by molar-refractivity contribution is -0.384. The zero-order valence-corrected chi connectivity index (χ0v) is 13.8. The molecule has 26 heavy (non-hydrogen) atoms. The summed E-state index contributed by atoms with van der Waals surface area (Å²) in [6.45, 7) is 2.42. The number of rotatable bonds is 4. The first-order valence-electron chi connectivity index (χ1n) is 7.88. The van der Waals surface area contributed by atoms with Gasteiger partial charge >= 0.3 is 0 Å². The molecule has 0 spiro atoms. The summed E-state index contributed by atoms with van der Waals surface area (Å²) in [5, 5.41) is 16.7. The monoisotopic (exact) mass is 354 g/mol. The van der Waals surface area contributed by atoms with E-state index in [4.69, 9.17) is 0 Å². The van der Waals surface area contributed by atoms with Crippen LogP contribution in [-0.4, -0.2) is 23.1 Å². The SMILES string of the molecule is CCNC=C1N=C(c2ccccc2F)c2cc([N+](=O)[O-])ccc2NC1=O. The molecule has 2 aromatic rings. The summed E-state index contributed by atoms with van der Waals surface area (Å²) in [5.74, 6) is -1.03. The Kier molecular flexibility index (Phi) is 4.74. The Morgan fingerprint density at radius 2 is 2.04 bits per heavy atom. The molecule has 0 fully saturated rings. The van der Waals surface area contributed by atoms with Crippen LogP contribution in [0.2, 0.25) is 0 Å². The molecule has 3 rings (SSSR count). The molecule has 0 saturated heterocycles. The minimum atomic E-state index is -0.554. The minimum absolute atomic E-state index is 0.0453. The molecule has 0 unspecified atom stereocenters. The van der Waals surface area contributed by atoms with Crippen LogP contribution >= 0.6 is 0 Å². The Balaban J connectivity index is 2.27. The number of non-ortho nitro benzene ring substituents is 1. The maximum Gasteiger partial charge on any atom is 0.275 e. The van der Waals surface area contributed by atoms with Crippen molar-refractivity contribution in [2.75, 3.05) is 11.9 Å². The molecular weight excluding hydrogens is 339 g/mol. The summed E-state index contributed by atoms with van der Waals surface area (Å²) in [6, 6.07) is 9.90. The molecule has 0 radical (unpaired) electrons. The largest absolute Gasteiger partial charge is 0.389 e. The molecule has 0 aromatic heterocycles. The fourth-order valence-corrected chi connectivity index (χ4v) is 2.52. The second-order valence-corrected chi connectivity index (χ2v) is 5.47. The Labute approximate surface area is 148 Å². The van der Waals surface area contributed by atoms with Gasteiger partial charge < -0.3 is 10.6 Å². The summed E-state index contributed by atoms with van der Waals surface area (Å²) >= 11 is 0. The summed E-state index contributed by atoms with van der Waals surface area (Å²) in [6.07, 6.45) is 1.43. The molecule has 1 aliphatic rings. The van der Waals surface area contributed by atoms with Gasteiger partial charge in [0.1, 0.15) is 11.5 Å². The lowest BCUT2D eigenvalue weighted by Crippen LogP contribution is -2.15. The van der Waals surface area contributed by atoms with Crippen LogP contribution < -0.4 is 10.6 Å². The van der Waals surface area contributed by atoms with Crippen molar-refractivity contribution < 1.29 is 14.1 Å². The number of benzodiazepines with no additional fused rings is 1. The molecule has 132 valence electrons. The highest BCUT2D eigenvalue weighted by atomic mass is 19.1. The van der Waals surface area contributed by atoms with E-state index in [2.05, 4.69) is 15.6 Å². The molecule has 0 aliphatic carbocycles. The number of nitrogens with zero attached hydrogens (tertiary/aromatic N) is 2. The number of fused-ring (bicyclic) bond motifs is 1. The van der Waals surface area contributed by atoms with Crippen LogP contribution in [0.4, 0.5) is 15.8 Å². The van der Waals surface area contributed by atoms with Gasteiger partial charge in [-0.1, -0.05) is 12.1 Å². The molecule has 7 nitrogen and oxygen atoms in total. The number of carbonyl (C=O) groups excluding carboxylic acids is 1. The molecule has 1 aliphatic heterocycles. The van der Waals surface area contributed by atoms with E-state index in [1.807, 2.05) is 6.92 Å². The van der Waals surface area contributed by atoms with Crippen molar-refractivity contribution in [3.05, 3.63) is 81.4 Å². The van der Waals surface area contributed by atoms with E-state index in [9.17, 15) is 19.3 Å².